The second kappa shape index (κ2) is 21.5. The summed E-state index contributed by atoms with van der Waals surface area (Å²) in [5.74, 6) is -2.20. The molecule has 2 aliphatic rings. The van der Waals surface area contributed by atoms with Gasteiger partial charge >= 0.3 is 57.4 Å². The predicted molar refractivity (Wildman–Crippen MR) is 249 cm³/mol. The Bertz CT molecular complexity index is 3060. The van der Waals surface area contributed by atoms with Crippen LogP contribution in [0.3, 0.4) is 0 Å². The van der Waals surface area contributed by atoms with E-state index in [1.54, 1.807) is 58.0 Å². The van der Waals surface area contributed by atoms with Crippen molar-refractivity contribution in [3.05, 3.63) is 125 Å². The summed E-state index contributed by atoms with van der Waals surface area (Å²) in [7, 11) is -17.9. The number of esters is 1. The number of rotatable bonds is 19. The fraction of sp³-hybridized carbons (Fsp3) is 0.341. The molecule has 0 saturated carbocycles. The van der Waals surface area contributed by atoms with Crippen LogP contribution in [0.2, 0.25) is 0 Å². The molecular weight excluding hydrogens is 978 g/mol. The maximum Gasteiger partial charge on any atom is 1.00 e. The second-order valence-corrected chi connectivity index (χ2v) is 22.8. The van der Waals surface area contributed by atoms with Gasteiger partial charge in [0.15, 0.2) is 5.71 Å². The molecule has 5 N–H and O–H groups in total. The molecular formula is C44H53KN3O15S4+. The molecule has 0 aliphatic carbocycles. The van der Waals surface area contributed by atoms with E-state index >= 15 is 0 Å². The Morgan fingerprint density at radius 1 is 0.791 bits per heavy atom. The van der Waals surface area contributed by atoms with Gasteiger partial charge < -0.3 is 16.4 Å². The van der Waals surface area contributed by atoms with Gasteiger partial charge in [-0.15, -0.1) is 0 Å². The van der Waals surface area contributed by atoms with E-state index in [1.807, 2.05) is 27.7 Å². The van der Waals surface area contributed by atoms with Crippen molar-refractivity contribution in [3.63, 3.8) is 0 Å². The van der Waals surface area contributed by atoms with Gasteiger partial charge in [-0.2, -0.15) is 38.2 Å². The maximum absolute atomic E-state index is 13.1. The van der Waals surface area contributed by atoms with E-state index in [9.17, 15) is 61.5 Å². The molecule has 0 aromatic heterocycles. The second-order valence-electron chi connectivity index (χ2n) is 16.8. The van der Waals surface area contributed by atoms with Crippen LogP contribution >= 0.6 is 0 Å². The van der Waals surface area contributed by atoms with Crippen LogP contribution in [-0.2, 0) is 60.8 Å². The normalized spacial score (nSPS) is 16.5. The van der Waals surface area contributed by atoms with E-state index in [0.29, 0.717) is 45.0 Å². The summed E-state index contributed by atoms with van der Waals surface area (Å²) in [5, 5.41) is 2.68. The quantitative estimate of drug-likeness (QED) is 0.0219. The first-order chi connectivity index (χ1) is 30.4. The number of allylic oxidation sites excluding steroid dienone is 6. The third-order valence-electron chi connectivity index (χ3n) is 11.2. The number of nitrogens with zero attached hydrogens (tertiary/aromatic N) is 2. The van der Waals surface area contributed by atoms with Crippen LogP contribution in [0.1, 0.15) is 75.9 Å². The predicted octanol–water partition coefficient (Wildman–Crippen LogP) is 2.40. The summed E-state index contributed by atoms with van der Waals surface area (Å²) >= 11 is 0. The van der Waals surface area contributed by atoms with Crippen LogP contribution in [0, 0.1) is 0 Å². The Morgan fingerprint density at radius 3 is 1.91 bits per heavy atom. The third kappa shape index (κ3) is 14.0. The molecule has 0 atom stereocenters. The molecule has 67 heavy (non-hydrogen) atoms. The molecule has 1 amide bonds. The molecule has 3 aromatic carbocycles. The number of ether oxygens (including phenoxy) is 1. The number of hydrogen-bond donors (Lipinski definition) is 5. The van der Waals surface area contributed by atoms with Crippen molar-refractivity contribution in [2.75, 3.05) is 42.6 Å². The van der Waals surface area contributed by atoms with E-state index in [4.69, 9.17) is 4.74 Å². The molecule has 0 unspecified atom stereocenters. The van der Waals surface area contributed by atoms with Crippen molar-refractivity contribution in [2.45, 2.75) is 68.1 Å². The van der Waals surface area contributed by atoms with Crippen LogP contribution in [0.4, 0.5) is 11.4 Å². The van der Waals surface area contributed by atoms with Crippen molar-refractivity contribution >= 4 is 75.0 Å². The summed E-state index contributed by atoms with van der Waals surface area (Å²) in [6.45, 7) is 12.3. The van der Waals surface area contributed by atoms with E-state index in [0.717, 1.165) is 0 Å². The zero-order chi connectivity index (χ0) is 49.2. The van der Waals surface area contributed by atoms with Gasteiger partial charge in [-0.3, -0.25) is 23.0 Å². The molecule has 2 aliphatic heterocycles. The first-order valence-electron chi connectivity index (χ1n) is 20.3. The largest absolute Gasteiger partial charge is 1.00 e. The number of carbonyl (C=O) groups is 2. The number of amides is 1. The Balaban J connectivity index is 0.00000612. The molecule has 0 radical (unpaired) electrons. The SMILES string of the molecule is C=C(C)C(=O)OCCNC(=O)c1ccc(C(C=CC2=[N+](CCCS(=O)(=O)O)c3ccc(S(=O)(=O)O)cc3C2(C)C)=CC=C2N(CCCS(=O)(=O)O)c3ccc(S(=O)(=O)O)cc3C2(C)C)cc1.[H-].[K+]. The zero-order valence-electron chi connectivity index (χ0n) is 38.8. The molecule has 2 heterocycles. The number of carbonyl (C=O) groups excluding carboxylic acids is 2. The molecule has 0 fully saturated rings. The van der Waals surface area contributed by atoms with Gasteiger partial charge in [-0.05, 0) is 98.5 Å². The van der Waals surface area contributed by atoms with Gasteiger partial charge in [0, 0.05) is 58.6 Å². The summed E-state index contributed by atoms with van der Waals surface area (Å²) in [6.07, 6.45) is 6.91. The van der Waals surface area contributed by atoms with Crippen molar-refractivity contribution in [1.82, 2.24) is 5.32 Å². The summed E-state index contributed by atoms with van der Waals surface area (Å²) in [6, 6.07) is 14.6. The molecule has 358 valence electrons. The summed E-state index contributed by atoms with van der Waals surface area (Å²) in [5.41, 5.74) is 2.81. The Kier molecular flexibility index (Phi) is 18.0. The Hall–Kier alpha value is -3.69. The molecule has 18 nitrogen and oxygen atoms in total. The number of hydrogen-bond acceptors (Lipinski definition) is 12. The van der Waals surface area contributed by atoms with Crippen molar-refractivity contribution in [2.24, 2.45) is 0 Å². The number of anilines is 1. The van der Waals surface area contributed by atoms with Gasteiger partial charge in [0.05, 0.1) is 33.3 Å². The van der Waals surface area contributed by atoms with E-state index < -0.39 is 74.7 Å². The van der Waals surface area contributed by atoms with Gasteiger partial charge in [0.2, 0.25) is 5.69 Å². The van der Waals surface area contributed by atoms with Crippen molar-refractivity contribution < 1.29 is 124 Å². The minimum Gasteiger partial charge on any atom is -1.00 e. The molecule has 5 rings (SSSR count). The van der Waals surface area contributed by atoms with E-state index in [2.05, 4.69) is 11.9 Å². The average molecular weight is 1030 g/mol. The minimum absolute atomic E-state index is 0. The molecule has 0 spiro atoms. The Labute approximate surface area is 435 Å². The van der Waals surface area contributed by atoms with E-state index in [1.165, 1.54) is 43.3 Å². The van der Waals surface area contributed by atoms with Gasteiger partial charge in [0.25, 0.3) is 46.4 Å². The minimum atomic E-state index is -4.62. The molecule has 0 saturated heterocycles. The van der Waals surface area contributed by atoms with Crippen molar-refractivity contribution in [1.29, 1.82) is 0 Å². The van der Waals surface area contributed by atoms with Crippen LogP contribution in [0.25, 0.3) is 5.57 Å². The molecule has 23 heteroatoms. The first kappa shape index (κ1) is 55.9. The number of nitrogens with one attached hydrogen (secondary N) is 1. The molecule has 3 aromatic rings. The first-order valence-corrected chi connectivity index (χ1v) is 26.4. The van der Waals surface area contributed by atoms with Gasteiger partial charge in [0.1, 0.15) is 13.2 Å². The topological polar surface area (TPSA) is 279 Å². The smallest absolute Gasteiger partial charge is 1.00 e. The van der Waals surface area contributed by atoms with Crippen LogP contribution < -0.4 is 61.6 Å². The van der Waals surface area contributed by atoms with Gasteiger partial charge in [-0.25, -0.2) is 4.79 Å². The fourth-order valence-corrected chi connectivity index (χ4v) is 9.86. The van der Waals surface area contributed by atoms with Gasteiger partial charge in [-0.1, -0.05) is 38.6 Å². The molecule has 0 bridgehead atoms. The van der Waals surface area contributed by atoms with Crippen molar-refractivity contribution in [3.8, 4) is 0 Å². The van der Waals surface area contributed by atoms with Crippen LogP contribution in [0.5, 0.6) is 0 Å². The van der Waals surface area contributed by atoms with E-state index in [-0.39, 0.29) is 113 Å². The monoisotopic (exact) mass is 1030 g/mol. The third-order valence-corrected chi connectivity index (χ3v) is 14.5. The van der Waals surface area contributed by atoms with Crippen LogP contribution in [-0.4, -0.2) is 112 Å². The zero-order valence-corrected chi connectivity index (χ0v) is 44.1. The number of benzene rings is 3. The van der Waals surface area contributed by atoms with Crippen LogP contribution in [0.15, 0.2) is 113 Å². The number of fused-ring (bicyclic) bond motifs is 2. The summed E-state index contributed by atoms with van der Waals surface area (Å²) in [4.78, 5) is 25.9. The summed E-state index contributed by atoms with van der Waals surface area (Å²) < 4.78 is 141. The Morgan fingerprint density at radius 2 is 1.34 bits per heavy atom. The average Bonchev–Trinajstić information content (AvgIpc) is 3.55. The maximum atomic E-state index is 13.1. The fourth-order valence-electron chi connectivity index (χ4n) is 7.86. The standard InChI is InChI=1S/C44H51N3O15S4.K.H/c1-29(2)42(49)62-24-21-45-41(48)32-11-9-30(10-12-32)31(13-19-39-43(3,4)35-27-33(65(56,57)58)15-17-37(35)46(39)22-7-25-63(50,51)52)14-20-40-44(5,6)36-28-34(66(59,60)61)16-18-38(36)47(40)23-8-26-64(53,54)55;;/h9-20,27-28H,1,7-8,21-26H2,2-6H3,(H4-,45,48,50,51,52,53,54,55,56,57,58,59,60,61);;/q;+1;-1/p+1.